The van der Waals surface area contributed by atoms with E-state index >= 15 is 0 Å². The number of benzene rings is 1. The van der Waals surface area contributed by atoms with Crippen molar-refractivity contribution in [2.45, 2.75) is 70.4 Å². The number of halogens is 3. The minimum atomic E-state index is -4.95. The van der Waals surface area contributed by atoms with Gasteiger partial charge in [0.05, 0.1) is 17.8 Å². The SMILES string of the molecule is CCCCOC1[C@H](N=[N+]=[N-])C(C)O[C@@H](O/C(=N/c2ccccc2)C(F)(F)F)[C@@H]1OC(C)=O. The summed E-state index contributed by atoms with van der Waals surface area (Å²) in [5, 5.41) is 3.64. The molecular weight excluding hydrogens is 433 g/mol. The van der Waals surface area contributed by atoms with Crippen LogP contribution in [0.1, 0.15) is 33.6 Å². The van der Waals surface area contributed by atoms with E-state index in [4.69, 9.17) is 24.5 Å². The van der Waals surface area contributed by atoms with Crippen LogP contribution in [0.25, 0.3) is 10.4 Å². The Balaban J connectivity index is 2.41. The number of carbonyl (C=O) groups is 1. The average Bonchev–Trinajstić information content (AvgIpc) is 2.72. The summed E-state index contributed by atoms with van der Waals surface area (Å²) < 4.78 is 62.7. The van der Waals surface area contributed by atoms with Gasteiger partial charge in [0.15, 0.2) is 6.10 Å². The molecule has 1 heterocycles. The predicted octanol–water partition coefficient (Wildman–Crippen LogP) is 4.84. The third-order valence-electron chi connectivity index (χ3n) is 4.51. The van der Waals surface area contributed by atoms with Crippen LogP contribution in [0.15, 0.2) is 40.4 Å². The molecule has 9 nitrogen and oxygen atoms in total. The van der Waals surface area contributed by atoms with E-state index in [2.05, 4.69) is 15.0 Å². The molecule has 32 heavy (non-hydrogen) atoms. The molecule has 1 fully saturated rings. The highest BCUT2D eigenvalue weighted by Crippen LogP contribution is 2.32. The van der Waals surface area contributed by atoms with Crippen LogP contribution in [-0.4, -0.2) is 55.3 Å². The molecule has 176 valence electrons. The molecule has 1 aliphatic rings. The van der Waals surface area contributed by atoms with Gasteiger partial charge in [0.25, 0.3) is 5.90 Å². The number of nitrogens with zero attached hydrogens (tertiary/aromatic N) is 4. The molecule has 0 aliphatic carbocycles. The Bertz CT molecular complexity index is 830. The lowest BCUT2D eigenvalue weighted by Crippen LogP contribution is -2.59. The highest BCUT2D eigenvalue weighted by atomic mass is 19.4. The number of para-hydroxylation sites is 1. The molecule has 1 aliphatic heterocycles. The van der Waals surface area contributed by atoms with Crippen molar-refractivity contribution < 1.29 is 36.9 Å². The van der Waals surface area contributed by atoms with Crippen LogP contribution in [0.3, 0.4) is 0 Å². The van der Waals surface area contributed by atoms with Crippen LogP contribution in [0.5, 0.6) is 0 Å². The Morgan fingerprint density at radius 1 is 1.22 bits per heavy atom. The molecule has 0 aromatic heterocycles. The number of hydrogen-bond acceptors (Lipinski definition) is 7. The van der Waals surface area contributed by atoms with E-state index in [9.17, 15) is 18.0 Å². The molecule has 12 heteroatoms. The van der Waals surface area contributed by atoms with Gasteiger partial charge in [-0.05, 0) is 31.0 Å². The second-order valence-electron chi connectivity index (χ2n) is 7.04. The van der Waals surface area contributed by atoms with E-state index in [0.717, 1.165) is 13.3 Å². The lowest BCUT2D eigenvalue weighted by atomic mass is 9.97. The van der Waals surface area contributed by atoms with Gasteiger partial charge in [-0.15, -0.1) is 0 Å². The zero-order valence-electron chi connectivity index (χ0n) is 17.9. The fraction of sp³-hybridized carbons (Fsp3) is 0.600. The van der Waals surface area contributed by atoms with Crippen molar-refractivity contribution in [2.75, 3.05) is 6.61 Å². The summed E-state index contributed by atoms with van der Waals surface area (Å²) >= 11 is 0. The minimum Gasteiger partial charge on any atom is -0.453 e. The average molecular weight is 458 g/mol. The van der Waals surface area contributed by atoms with Gasteiger partial charge < -0.3 is 18.9 Å². The Morgan fingerprint density at radius 3 is 2.47 bits per heavy atom. The molecular formula is C20H25F3N4O5. The molecule has 1 aromatic rings. The summed E-state index contributed by atoms with van der Waals surface area (Å²) in [6.45, 7) is 4.72. The van der Waals surface area contributed by atoms with Crippen molar-refractivity contribution in [3.8, 4) is 0 Å². The lowest BCUT2D eigenvalue weighted by molar-refractivity contribution is -0.264. The van der Waals surface area contributed by atoms with E-state index in [1.807, 2.05) is 6.92 Å². The maximum Gasteiger partial charge on any atom is 0.468 e. The van der Waals surface area contributed by atoms with Gasteiger partial charge in [0, 0.05) is 18.4 Å². The van der Waals surface area contributed by atoms with E-state index in [0.29, 0.717) is 6.42 Å². The number of unbranched alkanes of at least 4 members (excludes halogenated alkanes) is 1. The number of alkyl halides is 3. The first-order valence-corrected chi connectivity index (χ1v) is 10.0. The number of carbonyl (C=O) groups excluding carboxylic acids is 1. The van der Waals surface area contributed by atoms with E-state index < -0.39 is 48.7 Å². The number of rotatable bonds is 8. The van der Waals surface area contributed by atoms with Gasteiger partial charge in [-0.25, -0.2) is 4.99 Å². The van der Waals surface area contributed by atoms with Crippen LogP contribution in [0, 0.1) is 0 Å². The van der Waals surface area contributed by atoms with E-state index in [1.165, 1.54) is 31.2 Å². The fourth-order valence-corrected chi connectivity index (χ4v) is 3.06. The third kappa shape index (κ3) is 7.11. The van der Waals surface area contributed by atoms with Crippen molar-refractivity contribution >= 4 is 17.6 Å². The highest BCUT2D eigenvalue weighted by Gasteiger charge is 2.51. The van der Waals surface area contributed by atoms with E-state index in [1.54, 1.807) is 6.07 Å². The zero-order chi connectivity index (χ0) is 23.7. The molecule has 5 atom stereocenters. The molecule has 0 saturated carbocycles. The number of azide groups is 1. The van der Waals surface area contributed by atoms with Crippen molar-refractivity contribution in [3.05, 3.63) is 40.8 Å². The van der Waals surface area contributed by atoms with Gasteiger partial charge in [-0.3, -0.25) is 4.79 Å². The van der Waals surface area contributed by atoms with Crippen LogP contribution >= 0.6 is 0 Å². The zero-order valence-corrected chi connectivity index (χ0v) is 17.9. The molecule has 0 N–H and O–H groups in total. The molecule has 2 unspecified atom stereocenters. The monoisotopic (exact) mass is 458 g/mol. The largest absolute Gasteiger partial charge is 0.468 e. The summed E-state index contributed by atoms with van der Waals surface area (Å²) in [6.07, 6.45) is -8.64. The smallest absolute Gasteiger partial charge is 0.453 e. The highest BCUT2D eigenvalue weighted by molar-refractivity contribution is 5.84. The number of hydrogen-bond donors (Lipinski definition) is 0. The van der Waals surface area contributed by atoms with Crippen molar-refractivity contribution in [3.63, 3.8) is 0 Å². The first-order chi connectivity index (χ1) is 15.2. The molecule has 1 aromatic carbocycles. The molecule has 1 saturated heterocycles. The summed E-state index contributed by atoms with van der Waals surface area (Å²) in [6, 6.07) is 6.46. The molecule has 0 radical (unpaired) electrons. The lowest BCUT2D eigenvalue weighted by Gasteiger charge is -2.43. The summed E-state index contributed by atoms with van der Waals surface area (Å²) in [4.78, 5) is 18.0. The third-order valence-corrected chi connectivity index (χ3v) is 4.51. The van der Waals surface area contributed by atoms with Crippen LogP contribution in [-0.2, 0) is 23.7 Å². The Labute approximate surface area is 183 Å². The van der Waals surface area contributed by atoms with Gasteiger partial charge in [-0.2, -0.15) is 13.2 Å². The number of ether oxygens (including phenoxy) is 4. The molecule has 2 rings (SSSR count). The number of esters is 1. The maximum absolute atomic E-state index is 13.7. The number of aliphatic imine (C=N–C) groups is 1. The molecule has 0 spiro atoms. The normalized spacial score (nSPS) is 26.2. The topological polar surface area (TPSA) is 115 Å². The summed E-state index contributed by atoms with van der Waals surface area (Å²) in [5.41, 5.74) is 8.93. The minimum absolute atomic E-state index is 0.00965. The standard InChI is InChI=1S/C20H25F3N4O5/c1-4-5-11-29-16-15(26-27-24)12(2)30-18(17(16)31-13(3)28)32-19(20(21,22)23)25-14-9-7-6-8-10-14/h6-10,12,15-18H,4-5,11H2,1-3H3/b25-19+/t12?,15-,16?,17-,18+/m1/s1. The van der Waals surface area contributed by atoms with Crippen LogP contribution in [0.4, 0.5) is 18.9 Å². The maximum atomic E-state index is 13.7. The quantitative estimate of drug-likeness (QED) is 0.105. The molecule has 0 amide bonds. The second-order valence-corrected chi connectivity index (χ2v) is 7.04. The summed E-state index contributed by atoms with van der Waals surface area (Å²) in [5.74, 6) is -2.37. The van der Waals surface area contributed by atoms with Gasteiger partial charge in [-0.1, -0.05) is 36.7 Å². The fourth-order valence-electron chi connectivity index (χ4n) is 3.06. The van der Waals surface area contributed by atoms with E-state index in [-0.39, 0.29) is 12.3 Å². The van der Waals surface area contributed by atoms with Gasteiger partial charge in [0.2, 0.25) is 6.29 Å². The van der Waals surface area contributed by atoms with Crippen molar-refractivity contribution in [1.82, 2.24) is 0 Å². The van der Waals surface area contributed by atoms with Crippen molar-refractivity contribution in [2.24, 2.45) is 10.1 Å². The Hall–Kier alpha value is -2.82. The first kappa shape index (κ1) is 25.4. The van der Waals surface area contributed by atoms with Gasteiger partial charge >= 0.3 is 12.1 Å². The second kappa shape index (κ2) is 11.7. The van der Waals surface area contributed by atoms with Gasteiger partial charge in [0.1, 0.15) is 6.10 Å². The Kier molecular flexibility index (Phi) is 9.30. The molecule has 0 bridgehead atoms. The van der Waals surface area contributed by atoms with Crippen molar-refractivity contribution in [1.29, 1.82) is 0 Å². The Morgan fingerprint density at radius 2 is 1.91 bits per heavy atom. The first-order valence-electron chi connectivity index (χ1n) is 10.0. The van der Waals surface area contributed by atoms with Crippen LogP contribution < -0.4 is 0 Å². The summed E-state index contributed by atoms with van der Waals surface area (Å²) in [7, 11) is 0. The predicted molar refractivity (Wildman–Crippen MR) is 108 cm³/mol. The van der Waals surface area contributed by atoms with Crippen LogP contribution in [0.2, 0.25) is 0 Å².